The Kier molecular flexibility index (Phi) is 4.07. The number of furan rings is 1. The molecule has 1 saturated carbocycles. The molecule has 4 heteroatoms. The lowest BCUT2D eigenvalue weighted by Gasteiger charge is -2.23. The van der Waals surface area contributed by atoms with Gasteiger partial charge in [0, 0.05) is 12.6 Å². The van der Waals surface area contributed by atoms with Gasteiger partial charge in [-0.1, -0.05) is 13.8 Å². The van der Waals surface area contributed by atoms with Gasteiger partial charge in [-0.3, -0.25) is 4.90 Å². The van der Waals surface area contributed by atoms with Crippen molar-refractivity contribution in [3.05, 3.63) is 23.7 Å². The first kappa shape index (κ1) is 13.1. The van der Waals surface area contributed by atoms with Crippen LogP contribution in [-0.2, 0) is 11.3 Å². The zero-order valence-electron chi connectivity index (χ0n) is 11.3. The lowest BCUT2D eigenvalue weighted by Crippen LogP contribution is -2.30. The Balaban J connectivity index is 2.06. The highest BCUT2D eigenvalue weighted by Crippen LogP contribution is 2.29. The number of hydrogen-bond donors (Lipinski definition) is 0. The molecule has 0 saturated heterocycles. The van der Waals surface area contributed by atoms with E-state index in [-0.39, 0.29) is 5.97 Å². The van der Waals surface area contributed by atoms with Gasteiger partial charge in [0.1, 0.15) is 11.3 Å². The third kappa shape index (κ3) is 3.13. The van der Waals surface area contributed by atoms with Crippen molar-refractivity contribution in [3.8, 4) is 0 Å². The number of carbonyl (C=O) groups is 1. The van der Waals surface area contributed by atoms with Crippen LogP contribution in [0, 0.1) is 5.92 Å². The van der Waals surface area contributed by atoms with Gasteiger partial charge in [0.2, 0.25) is 0 Å². The van der Waals surface area contributed by atoms with Crippen LogP contribution in [0.4, 0.5) is 0 Å². The van der Waals surface area contributed by atoms with Crippen molar-refractivity contribution < 1.29 is 13.9 Å². The molecule has 4 nitrogen and oxygen atoms in total. The van der Waals surface area contributed by atoms with E-state index in [2.05, 4.69) is 18.7 Å². The average Bonchev–Trinajstić information content (AvgIpc) is 3.08. The van der Waals surface area contributed by atoms with Crippen LogP contribution in [0.3, 0.4) is 0 Å². The van der Waals surface area contributed by atoms with E-state index in [1.165, 1.54) is 20.0 Å². The monoisotopic (exact) mass is 251 g/mol. The minimum Gasteiger partial charge on any atom is -0.467 e. The lowest BCUT2D eigenvalue weighted by atomic mass is 10.2. The van der Waals surface area contributed by atoms with Gasteiger partial charge in [-0.25, -0.2) is 4.79 Å². The molecule has 0 bridgehead atoms. The smallest absolute Gasteiger partial charge is 0.341 e. The van der Waals surface area contributed by atoms with Crippen molar-refractivity contribution in [2.45, 2.75) is 39.3 Å². The Morgan fingerprint density at radius 3 is 2.83 bits per heavy atom. The fourth-order valence-electron chi connectivity index (χ4n) is 2.19. The van der Waals surface area contributed by atoms with Crippen molar-refractivity contribution >= 4 is 5.97 Å². The van der Waals surface area contributed by atoms with E-state index in [4.69, 9.17) is 9.15 Å². The zero-order chi connectivity index (χ0) is 13.1. The Morgan fingerprint density at radius 1 is 1.56 bits per heavy atom. The van der Waals surface area contributed by atoms with Gasteiger partial charge >= 0.3 is 5.97 Å². The van der Waals surface area contributed by atoms with E-state index < -0.39 is 0 Å². The van der Waals surface area contributed by atoms with E-state index >= 15 is 0 Å². The average molecular weight is 251 g/mol. The molecule has 1 fully saturated rings. The summed E-state index contributed by atoms with van der Waals surface area (Å²) in [7, 11) is 1.39. The summed E-state index contributed by atoms with van der Waals surface area (Å²) in [6, 6.07) is 2.34. The number of hydrogen-bond acceptors (Lipinski definition) is 4. The van der Waals surface area contributed by atoms with Crippen molar-refractivity contribution in [1.82, 2.24) is 4.90 Å². The summed E-state index contributed by atoms with van der Waals surface area (Å²) in [5.41, 5.74) is 0.548. The molecule has 0 amide bonds. The first-order valence-electron chi connectivity index (χ1n) is 6.50. The highest BCUT2D eigenvalue weighted by Gasteiger charge is 2.31. The van der Waals surface area contributed by atoms with Crippen LogP contribution in [0.1, 0.15) is 42.8 Å². The van der Waals surface area contributed by atoms with Crippen molar-refractivity contribution in [1.29, 1.82) is 0 Å². The summed E-state index contributed by atoms with van der Waals surface area (Å²) < 4.78 is 10.2. The van der Waals surface area contributed by atoms with Gasteiger partial charge in [0.05, 0.1) is 19.9 Å². The predicted molar refractivity (Wildman–Crippen MR) is 68.3 cm³/mol. The SMILES string of the molecule is COC(=O)c1ccoc1CN(CC(C)C)C1CC1. The molecular formula is C14H21NO3. The van der Waals surface area contributed by atoms with Gasteiger partial charge in [0.25, 0.3) is 0 Å². The molecule has 0 unspecified atom stereocenters. The molecule has 100 valence electrons. The minimum atomic E-state index is -0.320. The maximum Gasteiger partial charge on any atom is 0.341 e. The minimum absolute atomic E-state index is 0.320. The number of methoxy groups -OCH3 is 1. The molecule has 1 aliphatic rings. The van der Waals surface area contributed by atoms with Crippen molar-refractivity contribution in [3.63, 3.8) is 0 Å². The first-order valence-corrected chi connectivity index (χ1v) is 6.50. The topological polar surface area (TPSA) is 42.7 Å². The van der Waals surface area contributed by atoms with Crippen molar-refractivity contribution in [2.24, 2.45) is 5.92 Å². The second-order valence-corrected chi connectivity index (χ2v) is 5.30. The van der Waals surface area contributed by atoms with Gasteiger partial charge in [-0.15, -0.1) is 0 Å². The molecule has 18 heavy (non-hydrogen) atoms. The standard InChI is InChI=1S/C14H21NO3/c1-10(2)8-15(11-4-5-11)9-13-12(6-7-18-13)14(16)17-3/h6-7,10-11H,4-5,8-9H2,1-3H3. The van der Waals surface area contributed by atoms with Crippen LogP contribution >= 0.6 is 0 Å². The Hall–Kier alpha value is -1.29. The van der Waals surface area contributed by atoms with Gasteiger partial charge in [-0.2, -0.15) is 0 Å². The largest absolute Gasteiger partial charge is 0.467 e. The van der Waals surface area contributed by atoms with E-state index in [1.54, 1.807) is 12.3 Å². The van der Waals surface area contributed by atoms with Crippen LogP contribution in [0.2, 0.25) is 0 Å². The summed E-state index contributed by atoms with van der Waals surface area (Å²) in [5, 5.41) is 0. The fourth-order valence-corrected chi connectivity index (χ4v) is 2.19. The van der Waals surface area contributed by atoms with E-state index in [1.807, 2.05) is 0 Å². The Bertz CT molecular complexity index is 407. The van der Waals surface area contributed by atoms with Gasteiger partial charge in [0.15, 0.2) is 0 Å². The van der Waals surface area contributed by atoms with Gasteiger partial charge in [-0.05, 0) is 24.8 Å². The fraction of sp³-hybridized carbons (Fsp3) is 0.643. The molecule has 0 radical (unpaired) electrons. The molecule has 1 aromatic heterocycles. The molecule has 0 aromatic carbocycles. The number of carbonyl (C=O) groups excluding carboxylic acids is 1. The van der Waals surface area contributed by atoms with E-state index in [9.17, 15) is 4.79 Å². The molecule has 1 aliphatic carbocycles. The molecule has 1 aromatic rings. The molecule has 1 heterocycles. The summed E-state index contributed by atoms with van der Waals surface area (Å²) in [6.45, 7) is 6.14. The molecule has 2 rings (SSSR count). The highest BCUT2D eigenvalue weighted by atomic mass is 16.5. The molecule has 0 atom stereocenters. The van der Waals surface area contributed by atoms with E-state index in [0.29, 0.717) is 24.1 Å². The second kappa shape index (κ2) is 5.57. The van der Waals surface area contributed by atoms with Crippen LogP contribution in [-0.4, -0.2) is 30.6 Å². The Morgan fingerprint density at radius 2 is 2.28 bits per heavy atom. The normalized spacial score (nSPS) is 15.4. The van der Waals surface area contributed by atoms with Crippen molar-refractivity contribution in [2.75, 3.05) is 13.7 Å². The summed E-state index contributed by atoms with van der Waals surface area (Å²) >= 11 is 0. The maximum absolute atomic E-state index is 11.6. The first-order chi connectivity index (χ1) is 8.61. The quantitative estimate of drug-likeness (QED) is 0.729. The zero-order valence-corrected chi connectivity index (χ0v) is 11.3. The van der Waals surface area contributed by atoms with E-state index in [0.717, 1.165) is 12.3 Å². The summed E-state index contributed by atoms with van der Waals surface area (Å²) in [6.07, 6.45) is 4.06. The van der Waals surface area contributed by atoms with Gasteiger partial charge < -0.3 is 9.15 Å². The molecule has 0 aliphatic heterocycles. The molecule has 0 N–H and O–H groups in total. The lowest BCUT2D eigenvalue weighted by molar-refractivity contribution is 0.0596. The summed E-state index contributed by atoms with van der Waals surface area (Å²) in [4.78, 5) is 14.0. The van der Waals surface area contributed by atoms with Crippen LogP contribution in [0.25, 0.3) is 0 Å². The van der Waals surface area contributed by atoms with Crippen LogP contribution in [0.15, 0.2) is 16.7 Å². The molecular weight excluding hydrogens is 230 g/mol. The highest BCUT2D eigenvalue weighted by molar-refractivity contribution is 5.90. The molecule has 0 spiro atoms. The summed E-state index contributed by atoms with van der Waals surface area (Å²) in [5.74, 6) is 1.01. The number of esters is 1. The maximum atomic E-state index is 11.6. The third-order valence-electron chi connectivity index (χ3n) is 3.16. The second-order valence-electron chi connectivity index (χ2n) is 5.30. The number of nitrogens with zero attached hydrogens (tertiary/aromatic N) is 1. The van der Waals surface area contributed by atoms with Crippen LogP contribution < -0.4 is 0 Å². The third-order valence-corrected chi connectivity index (χ3v) is 3.16. The number of ether oxygens (including phenoxy) is 1. The number of rotatable bonds is 6. The predicted octanol–water partition coefficient (Wildman–Crippen LogP) is 2.69. The Labute approximate surface area is 108 Å². The van der Waals surface area contributed by atoms with Crippen LogP contribution in [0.5, 0.6) is 0 Å².